The van der Waals surface area contributed by atoms with Gasteiger partial charge in [-0.3, -0.25) is 4.79 Å². The van der Waals surface area contributed by atoms with Crippen molar-refractivity contribution in [3.05, 3.63) is 0 Å². The van der Waals surface area contributed by atoms with Gasteiger partial charge in [0.25, 0.3) is 10.2 Å². The Hall–Kier alpha value is -0.660. The molecule has 1 N–H and O–H groups in total. The number of hydrogen-bond donors (Lipinski definition) is 1. The second kappa shape index (κ2) is 4.96. The zero-order valence-corrected chi connectivity index (χ0v) is 12.6. The SMILES string of the molecule is C[C@@H]1[C@H](C(=O)O)CCCN1S(=O)(=O)N1CC2CCC1C2. The van der Waals surface area contributed by atoms with Gasteiger partial charge in [-0.1, -0.05) is 0 Å². The lowest BCUT2D eigenvalue weighted by molar-refractivity contribution is -0.144. The van der Waals surface area contributed by atoms with Gasteiger partial charge in [0.05, 0.1) is 5.92 Å². The number of hydrogen-bond acceptors (Lipinski definition) is 3. The third-order valence-corrected chi connectivity index (χ3v) is 7.35. The van der Waals surface area contributed by atoms with E-state index in [0.29, 0.717) is 31.8 Å². The Balaban J connectivity index is 1.82. The second-order valence-electron chi connectivity index (χ2n) is 6.35. The van der Waals surface area contributed by atoms with Gasteiger partial charge in [-0.15, -0.1) is 0 Å². The van der Waals surface area contributed by atoms with Crippen LogP contribution in [0.4, 0.5) is 0 Å². The molecule has 0 aromatic heterocycles. The van der Waals surface area contributed by atoms with Crippen molar-refractivity contribution < 1.29 is 18.3 Å². The number of piperidine rings is 2. The summed E-state index contributed by atoms with van der Waals surface area (Å²) >= 11 is 0. The molecule has 3 fully saturated rings. The highest BCUT2D eigenvalue weighted by molar-refractivity contribution is 7.86. The Morgan fingerprint density at radius 3 is 2.50 bits per heavy atom. The van der Waals surface area contributed by atoms with Gasteiger partial charge in [0.1, 0.15) is 0 Å². The van der Waals surface area contributed by atoms with E-state index in [2.05, 4.69) is 0 Å². The molecule has 1 saturated carbocycles. The van der Waals surface area contributed by atoms with E-state index in [1.54, 1.807) is 11.2 Å². The maximum atomic E-state index is 12.8. The van der Waals surface area contributed by atoms with Crippen molar-refractivity contribution in [1.29, 1.82) is 0 Å². The van der Waals surface area contributed by atoms with Crippen LogP contribution in [0.2, 0.25) is 0 Å². The topological polar surface area (TPSA) is 77.9 Å². The molecule has 0 spiro atoms. The van der Waals surface area contributed by atoms with E-state index in [1.165, 1.54) is 4.31 Å². The summed E-state index contributed by atoms with van der Waals surface area (Å²) in [5, 5.41) is 9.23. The smallest absolute Gasteiger partial charge is 0.308 e. The molecule has 7 heteroatoms. The van der Waals surface area contributed by atoms with Crippen molar-refractivity contribution in [2.24, 2.45) is 11.8 Å². The first-order valence-electron chi connectivity index (χ1n) is 7.42. The maximum Gasteiger partial charge on any atom is 0.308 e. The quantitative estimate of drug-likeness (QED) is 0.840. The van der Waals surface area contributed by atoms with Gasteiger partial charge >= 0.3 is 5.97 Å². The van der Waals surface area contributed by atoms with Crippen LogP contribution in [0.15, 0.2) is 0 Å². The molecule has 0 aromatic rings. The molecule has 20 heavy (non-hydrogen) atoms. The van der Waals surface area contributed by atoms with Gasteiger partial charge in [0, 0.05) is 25.2 Å². The molecule has 1 aliphatic carbocycles. The molecule has 2 heterocycles. The molecule has 2 aliphatic heterocycles. The van der Waals surface area contributed by atoms with Crippen molar-refractivity contribution in [3.8, 4) is 0 Å². The molecular weight excluding hydrogens is 280 g/mol. The Morgan fingerprint density at radius 2 is 1.95 bits per heavy atom. The number of fused-ring (bicyclic) bond motifs is 2. The number of carbonyl (C=O) groups is 1. The number of carboxylic acids is 1. The van der Waals surface area contributed by atoms with Crippen molar-refractivity contribution in [2.45, 2.75) is 51.1 Å². The predicted molar refractivity (Wildman–Crippen MR) is 73.3 cm³/mol. The fourth-order valence-corrected chi connectivity index (χ4v) is 6.23. The molecule has 2 bridgehead atoms. The average Bonchev–Trinajstić information content (AvgIpc) is 3.00. The normalized spacial score (nSPS) is 39.2. The van der Waals surface area contributed by atoms with Crippen LogP contribution >= 0.6 is 0 Å². The van der Waals surface area contributed by atoms with E-state index in [4.69, 9.17) is 0 Å². The molecule has 3 rings (SSSR count). The summed E-state index contributed by atoms with van der Waals surface area (Å²) in [7, 11) is -3.50. The number of nitrogens with zero attached hydrogens (tertiary/aromatic N) is 2. The van der Waals surface area contributed by atoms with E-state index in [0.717, 1.165) is 19.3 Å². The minimum atomic E-state index is -3.50. The van der Waals surface area contributed by atoms with Crippen LogP contribution in [0.5, 0.6) is 0 Å². The van der Waals surface area contributed by atoms with Crippen molar-refractivity contribution in [1.82, 2.24) is 8.61 Å². The van der Waals surface area contributed by atoms with Crippen molar-refractivity contribution in [3.63, 3.8) is 0 Å². The van der Waals surface area contributed by atoms with Gasteiger partial charge in [-0.2, -0.15) is 17.0 Å². The monoisotopic (exact) mass is 302 g/mol. The summed E-state index contributed by atoms with van der Waals surface area (Å²) in [4.78, 5) is 11.3. The summed E-state index contributed by atoms with van der Waals surface area (Å²) in [6.07, 6.45) is 4.25. The lowest BCUT2D eigenvalue weighted by Crippen LogP contribution is -2.55. The summed E-state index contributed by atoms with van der Waals surface area (Å²) in [6.45, 7) is 2.79. The Kier molecular flexibility index (Phi) is 3.54. The third-order valence-electron chi connectivity index (χ3n) is 5.20. The van der Waals surface area contributed by atoms with Crippen molar-refractivity contribution >= 4 is 16.2 Å². The second-order valence-corrected chi connectivity index (χ2v) is 8.18. The first kappa shape index (κ1) is 14.3. The first-order valence-corrected chi connectivity index (χ1v) is 8.82. The van der Waals surface area contributed by atoms with Crippen LogP contribution in [-0.2, 0) is 15.0 Å². The zero-order chi connectivity index (χ0) is 14.5. The van der Waals surface area contributed by atoms with E-state index in [9.17, 15) is 18.3 Å². The van der Waals surface area contributed by atoms with Crippen LogP contribution in [0.3, 0.4) is 0 Å². The van der Waals surface area contributed by atoms with E-state index < -0.39 is 28.1 Å². The van der Waals surface area contributed by atoms with E-state index in [-0.39, 0.29) is 6.04 Å². The molecule has 4 atom stereocenters. The van der Waals surface area contributed by atoms with E-state index >= 15 is 0 Å². The fourth-order valence-electron chi connectivity index (χ4n) is 4.06. The molecule has 3 aliphatic rings. The predicted octanol–water partition coefficient (Wildman–Crippen LogP) is 0.901. The third kappa shape index (κ3) is 2.16. The fraction of sp³-hybridized carbons (Fsp3) is 0.923. The minimum absolute atomic E-state index is 0.141. The highest BCUT2D eigenvalue weighted by atomic mass is 32.2. The van der Waals surface area contributed by atoms with Crippen molar-refractivity contribution in [2.75, 3.05) is 13.1 Å². The minimum Gasteiger partial charge on any atom is -0.481 e. The van der Waals surface area contributed by atoms with Crippen LogP contribution in [-0.4, -0.2) is 53.3 Å². The van der Waals surface area contributed by atoms with Gasteiger partial charge in [-0.05, 0) is 44.9 Å². The highest BCUT2D eigenvalue weighted by Crippen LogP contribution is 2.40. The van der Waals surface area contributed by atoms with Crippen LogP contribution < -0.4 is 0 Å². The maximum absolute atomic E-state index is 12.8. The lowest BCUT2D eigenvalue weighted by Gasteiger charge is -2.40. The highest BCUT2D eigenvalue weighted by Gasteiger charge is 2.48. The molecule has 0 aromatic carbocycles. The van der Waals surface area contributed by atoms with Gasteiger partial charge in [0.2, 0.25) is 0 Å². The summed E-state index contributed by atoms with van der Waals surface area (Å²) in [5.41, 5.74) is 0. The van der Waals surface area contributed by atoms with Gasteiger partial charge in [0.15, 0.2) is 0 Å². The molecule has 114 valence electrons. The van der Waals surface area contributed by atoms with Gasteiger partial charge in [-0.25, -0.2) is 0 Å². The Labute approximate surface area is 119 Å². The summed E-state index contributed by atoms with van der Waals surface area (Å²) in [6, 6.07) is -0.312. The molecule has 6 nitrogen and oxygen atoms in total. The first-order chi connectivity index (χ1) is 9.41. The van der Waals surface area contributed by atoms with E-state index in [1.807, 2.05) is 0 Å². The number of carboxylic acid groups (broad SMARTS) is 1. The number of aliphatic carboxylic acids is 1. The number of rotatable bonds is 3. The standard InChI is InChI=1S/C13H22N2O4S/c1-9-12(13(16)17)3-2-6-14(9)20(18,19)15-8-10-4-5-11(15)7-10/h9-12H,2-8H2,1H3,(H,16,17)/t9-,10?,11?,12-/m1/s1. The molecule has 0 amide bonds. The summed E-state index contributed by atoms with van der Waals surface area (Å²) in [5.74, 6) is -0.969. The van der Waals surface area contributed by atoms with Crippen LogP contribution in [0, 0.1) is 11.8 Å². The average molecular weight is 302 g/mol. The largest absolute Gasteiger partial charge is 0.481 e. The van der Waals surface area contributed by atoms with Gasteiger partial charge < -0.3 is 5.11 Å². The lowest BCUT2D eigenvalue weighted by atomic mass is 9.92. The molecule has 2 saturated heterocycles. The Bertz CT molecular complexity index is 507. The van der Waals surface area contributed by atoms with Crippen LogP contribution in [0.25, 0.3) is 0 Å². The molecule has 0 radical (unpaired) electrons. The molecular formula is C13H22N2O4S. The summed E-state index contributed by atoms with van der Waals surface area (Å²) < 4.78 is 28.7. The Morgan fingerprint density at radius 1 is 1.20 bits per heavy atom. The van der Waals surface area contributed by atoms with Crippen LogP contribution in [0.1, 0.15) is 39.0 Å². The molecule has 2 unspecified atom stereocenters. The zero-order valence-electron chi connectivity index (χ0n) is 11.7.